The van der Waals surface area contributed by atoms with E-state index < -0.39 is 0 Å². The Labute approximate surface area is 128 Å². The van der Waals surface area contributed by atoms with Gasteiger partial charge in [0.2, 0.25) is 5.91 Å². The molecular weight excluding hydrogens is 262 g/mol. The van der Waals surface area contributed by atoms with Crippen LogP contribution in [-0.4, -0.2) is 48.9 Å². The minimum atomic E-state index is -0.0863. The third-order valence-electron chi connectivity index (χ3n) is 4.14. The molecule has 1 aromatic rings. The molecule has 0 spiro atoms. The number of carbonyl (C=O) groups is 1. The maximum Gasteiger partial charge on any atom is 0.241 e. The molecule has 0 aliphatic carbocycles. The zero-order valence-electron chi connectivity index (χ0n) is 13.8. The molecule has 1 heterocycles. The maximum atomic E-state index is 12.7. The summed E-state index contributed by atoms with van der Waals surface area (Å²) >= 11 is 0. The zero-order valence-corrected chi connectivity index (χ0v) is 13.8. The van der Waals surface area contributed by atoms with Crippen LogP contribution >= 0.6 is 0 Å². The number of likely N-dealkylation sites (N-methyl/N-ethyl adjacent to an activating group) is 1. The van der Waals surface area contributed by atoms with Gasteiger partial charge in [-0.15, -0.1) is 0 Å². The molecule has 0 saturated carbocycles. The van der Waals surface area contributed by atoms with Gasteiger partial charge < -0.3 is 9.80 Å². The van der Waals surface area contributed by atoms with E-state index in [4.69, 9.17) is 0 Å². The smallest absolute Gasteiger partial charge is 0.241 e. The van der Waals surface area contributed by atoms with E-state index in [0.29, 0.717) is 5.92 Å². The number of nitrogens with one attached hydrogen (secondary N) is 1. The highest BCUT2D eigenvalue weighted by Crippen LogP contribution is 2.29. The van der Waals surface area contributed by atoms with Crippen LogP contribution in [0.2, 0.25) is 0 Å². The van der Waals surface area contributed by atoms with Gasteiger partial charge in [0.05, 0.1) is 6.04 Å². The Balaban J connectivity index is 2.28. The van der Waals surface area contributed by atoms with Crippen molar-refractivity contribution in [1.82, 2.24) is 15.1 Å². The highest BCUT2D eigenvalue weighted by atomic mass is 16.2. The Bertz CT molecular complexity index is 499. The number of amides is 1. The lowest BCUT2D eigenvalue weighted by atomic mass is 10.0. The van der Waals surface area contributed by atoms with E-state index in [-0.39, 0.29) is 18.1 Å². The van der Waals surface area contributed by atoms with E-state index in [0.717, 1.165) is 13.1 Å². The summed E-state index contributed by atoms with van der Waals surface area (Å²) in [5.41, 5.74) is 2.43. The van der Waals surface area contributed by atoms with Crippen molar-refractivity contribution < 1.29 is 4.79 Å². The number of aryl methyl sites for hydroxylation is 1. The van der Waals surface area contributed by atoms with E-state index >= 15 is 0 Å². The fraction of sp³-hybridized carbons (Fsp3) is 0.588. The van der Waals surface area contributed by atoms with Gasteiger partial charge in [-0.1, -0.05) is 38.1 Å². The van der Waals surface area contributed by atoms with Crippen molar-refractivity contribution in [3.05, 3.63) is 35.4 Å². The van der Waals surface area contributed by atoms with Crippen LogP contribution in [0.15, 0.2) is 24.3 Å². The van der Waals surface area contributed by atoms with Crippen LogP contribution in [0.1, 0.15) is 31.1 Å². The molecule has 0 radical (unpaired) electrons. The normalized spacial score (nSPS) is 22.6. The molecule has 1 aliphatic rings. The predicted octanol–water partition coefficient (Wildman–Crippen LogP) is 2.01. The van der Waals surface area contributed by atoms with Gasteiger partial charge in [0.15, 0.2) is 0 Å². The molecule has 1 aromatic carbocycles. The summed E-state index contributed by atoms with van der Waals surface area (Å²) in [6.07, 6.45) is -0.00829. The molecule has 1 saturated heterocycles. The molecule has 4 nitrogen and oxygen atoms in total. The van der Waals surface area contributed by atoms with Crippen LogP contribution in [0.5, 0.6) is 0 Å². The summed E-state index contributed by atoms with van der Waals surface area (Å²) in [6, 6.07) is 8.22. The van der Waals surface area contributed by atoms with Gasteiger partial charge >= 0.3 is 0 Å². The topological polar surface area (TPSA) is 35.6 Å². The fourth-order valence-corrected chi connectivity index (χ4v) is 2.81. The second-order valence-corrected chi connectivity index (χ2v) is 6.48. The van der Waals surface area contributed by atoms with Gasteiger partial charge in [0.1, 0.15) is 6.17 Å². The number of benzene rings is 1. The van der Waals surface area contributed by atoms with Crippen LogP contribution in [0.4, 0.5) is 0 Å². The number of hydrogen-bond acceptors (Lipinski definition) is 3. The largest absolute Gasteiger partial charge is 0.320 e. The molecule has 0 bridgehead atoms. The quantitative estimate of drug-likeness (QED) is 0.901. The lowest BCUT2D eigenvalue weighted by Gasteiger charge is -2.27. The highest BCUT2D eigenvalue weighted by molar-refractivity contribution is 5.85. The van der Waals surface area contributed by atoms with Crippen molar-refractivity contribution in [3.63, 3.8) is 0 Å². The van der Waals surface area contributed by atoms with Crippen molar-refractivity contribution >= 4 is 5.91 Å². The summed E-state index contributed by atoms with van der Waals surface area (Å²) in [5.74, 6) is 0.522. The molecule has 21 heavy (non-hydrogen) atoms. The molecular formula is C17H27N3O. The van der Waals surface area contributed by atoms with Gasteiger partial charge in [-0.3, -0.25) is 10.1 Å². The molecule has 4 heteroatoms. The van der Waals surface area contributed by atoms with Crippen LogP contribution < -0.4 is 5.32 Å². The molecule has 2 rings (SSSR count). The molecule has 1 fully saturated rings. The summed E-state index contributed by atoms with van der Waals surface area (Å²) in [5, 5.41) is 3.53. The third-order valence-corrected chi connectivity index (χ3v) is 4.14. The lowest BCUT2D eigenvalue weighted by molar-refractivity contribution is -0.131. The Morgan fingerprint density at radius 2 is 1.95 bits per heavy atom. The average molecular weight is 289 g/mol. The molecule has 1 amide bonds. The minimum absolute atomic E-state index is 0.00829. The van der Waals surface area contributed by atoms with Gasteiger partial charge in [-0.2, -0.15) is 0 Å². The van der Waals surface area contributed by atoms with Crippen LogP contribution in [0, 0.1) is 12.8 Å². The van der Waals surface area contributed by atoms with Crippen molar-refractivity contribution in [2.45, 2.75) is 33.0 Å². The molecule has 1 aliphatic heterocycles. The first-order chi connectivity index (χ1) is 9.91. The standard InChI is InChI=1S/C17H27N3O/c1-12(2)15-17(21)20(11-10-19(4)5)16(18-15)14-9-7-6-8-13(14)3/h6-9,12,15-16,18H,10-11H2,1-5H3. The highest BCUT2D eigenvalue weighted by Gasteiger charge is 2.41. The minimum Gasteiger partial charge on any atom is -0.320 e. The molecule has 1 N–H and O–H groups in total. The second-order valence-electron chi connectivity index (χ2n) is 6.48. The molecule has 2 atom stereocenters. The van der Waals surface area contributed by atoms with E-state index in [1.807, 2.05) is 31.1 Å². The van der Waals surface area contributed by atoms with E-state index in [9.17, 15) is 4.79 Å². The first-order valence-corrected chi connectivity index (χ1v) is 7.68. The van der Waals surface area contributed by atoms with E-state index in [1.165, 1.54) is 11.1 Å². The van der Waals surface area contributed by atoms with Crippen molar-refractivity contribution in [2.24, 2.45) is 5.92 Å². The van der Waals surface area contributed by atoms with Gasteiger partial charge in [0, 0.05) is 13.1 Å². The van der Waals surface area contributed by atoms with Gasteiger partial charge in [-0.25, -0.2) is 0 Å². The number of nitrogens with zero attached hydrogens (tertiary/aromatic N) is 2. The molecule has 0 aromatic heterocycles. The fourth-order valence-electron chi connectivity index (χ4n) is 2.81. The van der Waals surface area contributed by atoms with Crippen LogP contribution in [0.3, 0.4) is 0 Å². The SMILES string of the molecule is Cc1ccccc1C1NC(C(C)C)C(=O)N1CCN(C)C. The van der Waals surface area contributed by atoms with E-state index in [1.54, 1.807) is 0 Å². The monoisotopic (exact) mass is 289 g/mol. The summed E-state index contributed by atoms with van der Waals surface area (Å²) in [6.45, 7) is 7.93. The van der Waals surface area contributed by atoms with E-state index in [2.05, 4.69) is 43.1 Å². The maximum absolute atomic E-state index is 12.7. The van der Waals surface area contributed by atoms with Crippen LogP contribution in [-0.2, 0) is 4.79 Å². The first-order valence-electron chi connectivity index (χ1n) is 7.68. The molecule has 2 unspecified atom stereocenters. The summed E-state index contributed by atoms with van der Waals surface area (Å²) in [4.78, 5) is 16.8. The van der Waals surface area contributed by atoms with Crippen molar-refractivity contribution in [3.8, 4) is 0 Å². The summed E-state index contributed by atoms with van der Waals surface area (Å²) in [7, 11) is 4.08. The first kappa shape index (κ1) is 16.0. The van der Waals surface area contributed by atoms with Crippen molar-refractivity contribution in [1.29, 1.82) is 0 Å². The van der Waals surface area contributed by atoms with Gasteiger partial charge in [0.25, 0.3) is 0 Å². The van der Waals surface area contributed by atoms with Crippen molar-refractivity contribution in [2.75, 3.05) is 27.2 Å². The zero-order chi connectivity index (χ0) is 15.6. The predicted molar refractivity (Wildman–Crippen MR) is 85.9 cm³/mol. The second kappa shape index (κ2) is 6.58. The lowest BCUT2D eigenvalue weighted by Crippen LogP contribution is -2.37. The Morgan fingerprint density at radius 3 is 2.52 bits per heavy atom. The average Bonchev–Trinajstić information content (AvgIpc) is 2.74. The number of rotatable bonds is 5. The number of carbonyl (C=O) groups excluding carboxylic acids is 1. The Kier molecular flexibility index (Phi) is 5.01. The van der Waals surface area contributed by atoms with Gasteiger partial charge in [-0.05, 0) is 38.1 Å². The van der Waals surface area contributed by atoms with Crippen LogP contribution in [0.25, 0.3) is 0 Å². The summed E-state index contributed by atoms with van der Waals surface area (Å²) < 4.78 is 0. The number of hydrogen-bond donors (Lipinski definition) is 1. The Hall–Kier alpha value is -1.39. The Morgan fingerprint density at radius 1 is 1.29 bits per heavy atom. The molecule has 116 valence electrons. The third kappa shape index (κ3) is 3.44.